The van der Waals surface area contributed by atoms with Gasteiger partial charge >= 0.3 is 0 Å². The van der Waals surface area contributed by atoms with Crippen molar-refractivity contribution in [1.82, 2.24) is 0 Å². The topological polar surface area (TPSA) is 60.2 Å². The number of rotatable bonds is 2. The van der Waals surface area contributed by atoms with Gasteiger partial charge in [-0.3, -0.25) is 9.59 Å². The van der Waals surface area contributed by atoms with E-state index in [4.69, 9.17) is 40.5 Å². The van der Waals surface area contributed by atoms with Crippen molar-refractivity contribution in [1.29, 1.82) is 0 Å². The molecule has 2 rings (SSSR count). The molecule has 2 N–H and O–H groups in total. The lowest BCUT2D eigenvalue weighted by atomic mass is 10.2. The van der Waals surface area contributed by atoms with Crippen molar-refractivity contribution in [3.63, 3.8) is 0 Å². The Morgan fingerprint density at radius 2 is 1.50 bits per heavy atom. The van der Waals surface area contributed by atoms with Crippen LogP contribution in [0.5, 0.6) is 0 Å². The van der Waals surface area contributed by atoms with Crippen molar-refractivity contribution in [2.45, 2.75) is 0 Å². The summed E-state index contributed by atoms with van der Waals surface area (Å²) in [5, 5.41) is -0.683. The van der Waals surface area contributed by atoms with E-state index in [-0.39, 0.29) is 5.56 Å². The van der Waals surface area contributed by atoms with Crippen LogP contribution in [0.2, 0.25) is 5.02 Å². The average Bonchev–Trinajstić information content (AvgIpc) is 2.43. The van der Waals surface area contributed by atoms with E-state index in [1.807, 2.05) is 6.07 Å². The van der Waals surface area contributed by atoms with E-state index < -0.39 is 10.5 Å². The minimum Gasteiger partial charge on any atom is -0.399 e. The molecule has 2 aromatic carbocycles. The normalized spacial score (nSPS) is 9.35. The molecule has 0 bridgehead atoms. The highest BCUT2D eigenvalue weighted by Crippen LogP contribution is 2.20. The first-order valence-electron chi connectivity index (χ1n) is 5.41. The van der Waals surface area contributed by atoms with Crippen LogP contribution < -0.4 is 5.73 Å². The number of carbonyl (C=O) groups is 2. The number of anilines is 1. The Morgan fingerprint density at radius 3 is 1.90 bits per heavy atom. The summed E-state index contributed by atoms with van der Waals surface area (Å²) in [7, 11) is 0. The number of hydrogen-bond donors (Lipinski definition) is 1. The fourth-order valence-electron chi connectivity index (χ4n) is 1.26. The molecule has 6 heteroatoms. The predicted molar refractivity (Wildman–Crippen MR) is 82.7 cm³/mol. The zero-order valence-electron chi connectivity index (χ0n) is 10.1. The molecule has 0 fully saturated rings. The summed E-state index contributed by atoms with van der Waals surface area (Å²) in [6, 6.07) is 13.3. The molecule has 0 spiro atoms. The minimum absolute atomic E-state index is 0.244. The smallest absolute Gasteiger partial charge is 0.253 e. The molecule has 20 heavy (non-hydrogen) atoms. The Balaban J connectivity index is 0.000000204. The molecule has 0 amide bonds. The van der Waals surface area contributed by atoms with E-state index in [1.54, 1.807) is 30.3 Å². The van der Waals surface area contributed by atoms with Crippen molar-refractivity contribution >= 4 is 51.0 Å². The second kappa shape index (κ2) is 7.90. The number of hydrogen-bond acceptors (Lipinski definition) is 3. The Hall–Kier alpha value is -1.55. The molecule has 0 unspecified atom stereocenters. The maximum atomic E-state index is 10.6. The van der Waals surface area contributed by atoms with Crippen LogP contribution in [0.15, 0.2) is 48.5 Å². The van der Waals surface area contributed by atoms with E-state index in [9.17, 15) is 9.59 Å². The van der Waals surface area contributed by atoms with Crippen molar-refractivity contribution in [2.24, 2.45) is 0 Å². The fourth-order valence-corrected chi connectivity index (χ4v) is 1.80. The van der Waals surface area contributed by atoms with Crippen molar-refractivity contribution in [3.05, 3.63) is 64.7 Å². The zero-order valence-corrected chi connectivity index (χ0v) is 12.4. The lowest BCUT2D eigenvalue weighted by Crippen LogP contribution is -1.93. The van der Waals surface area contributed by atoms with Crippen molar-refractivity contribution in [2.75, 3.05) is 5.73 Å². The standard InChI is InChI=1S/C7H5Cl2NO.C7H5ClO/c8-6-2-1-4(10)3-5(6)7(9)11;8-7(9)6-4-2-1-3-5-6/h1-3H,10H2;1-5H. The molecular formula is C14H10Cl3NO2. The van der Waals surface area contributed by atoms with Crippen LogP contribution >= 0.6 is 34.8 Å². The number of benzene rings is 2. The second-order valence-electron chi connectivity index (χ2n) is 3.65. The van der Waals surface area contributed by atoms with E-state index in [1.165, 1.54) is 12.1 Å². The van der Waals surface area contributed by atoms with Gasteiger partial charge in [0.05, 0.1) is 10.6 Å². The van der Waals surface area contributed by atoms with Crippen LogP contribution in [0.3, 0.4) is 0 Å². The van der Waals surface area contributed by atoms with Gasteiger partial charge in [-0.25, -0.2) is 0 Å². The highest BCUT2D eigenvalue weighted by Gasteiger charge is 2.06. The number of nitrogen functional groups attached to an aromatic ring is 1. The molecule has 2 aromatic rings. The van der Waals surface area contributed by atoms with E-state index >= 15 is 0 Å². The first kappa shape index (κ1) is 16.5. The molecule has 0 saturated heterocycles. The summed E-state index contributed by atoms with van der Waals surface area (Å²) in [4.78, 5) is 21.1. The third-order valence-corrected chi connectivity index (χ3v) is 2.95. The van der Waals surface area contributed by atoms with Gasteiger partial charge in [0.2, 0.25) is 0 Å². The van der Waals surface area contributed by atoms with E-state index in [0.29, 0.717) is 16.3 Å². The lowest BCUT2D eigenvalue weighted by molar-refractivity contribution is 0.107. The summed E-state index contributed by atoms with van der Waals surface area (Å²) in [5.41, 5.74) is 6.65. The molecule has 0 aliphatic rings. The maximum Gasteiger partial charge on any atom is 0.253 e. The molecule has 104 valence electrons. The van der Waals surface area contributed by atoms with Gasteiger partial charge in [-0.2, -0.15) is 0 Å². The van der Waals surface area contributed by atoms with Crippen LogP contribution in [0.1, 0.15) is 20.7 Å². The van der Waals surface area contributed by atoms with Gasteiger partial charge in [-0.15, -0.1) is 0 Å². The van der Waals surface area contributed by atoms with Crippen LogP contribution in [-0.4, -0.2) is 10.5 Å². The number of halogens is 3. The van der Waals surface area contributed by atoms with Crippen molar-refractivity contribution < 1.29 is 9.59 Å². The third-order valence-electron chi connectivity index (χ3n) is 2.20. The fraction of sp³-hybridized carbons (Fsp3) is 0. The maximum absolute atomic E-state index is 10.6. The van der Waals surface area contributed by atoms with E-state index in [2.05, 4.69) is 0 Å². The molecule has 0 saturated carbocycles. The molecule has 0 aliphatic carbocycles. The first-order valence-corrected chi connectivity index (χ1v) is 6.55. The van der Waals surface area contributed by atoms with Gasteiger partial charge in [-0.05, 0) is 41.4 Å². The molecule has 3 nitrogen and oxygen atoms in total. The number of carbonyl (C=O) groups excluding carboxylic acids is 2. The molecular weight excluding hydrogens is 321 g/mol. The first-order chi connectivity index (χ1) is 9.41. The Kier molecular flexibility index (Phi) is 6.52. The molecule has 0 atom stereocenters. The van der Waals surface area contributed by atoms with Crippen LogP contribution in [0.25, 0.3) is 0 Å². The van der Waals surface area contributed by atoms with E-state index in [0.717, 1.165) is 0 Å². The summed E-state index contributed by atoms with van der Waals surface area (Å²) in [6.07, 6.45) is 0. The monoisotopic (exact) mass is 329 g/mol. The Morgan fingerprint density at radius 1 is 0.900 bits per heavy atom. The molecule has 0 aromatic heterocycles. The summed E-state index contributed by atoms with van der Waals surface area (Å²) >= 11 is 16.0. The van der Waals surface area contributed by atoms with Gasteiger partial charge in [-0.1, -0.05) is 41.9 Å². The zero-order chi connectivity index (χ0) is 15.1. The largest absolute Gasteiger partial charge is 0.399 e. The molecule has 0 radical (unpaired) electrons. The minimum atomic E-state index is -0.595. The Bertz CT molecular complexity index is 615. The van der Waals surface area contributed by atoms with Gasteiger partial charge < -0.3 is 5.73 Å². The highest BCUT2D eigenvalue weighted by atomic mass is 35.5. The lowest BCUT2D eigenvalue weighted by Gasteiger charge is -1.98. The SMILES string of the molecule is Nc1ccc(Cl)c(C(=O)Cl)c1.O=C(Cl)c1ccccc1. The third kappa shape index (κ3) is 5.21. The Labute approximate surface area is 131 Å². The predicted octanol–water partition coefficient (Wildman–Crippen LogP) is 4.37. The van der Waals surface area contributed by atoms with Gasteiger partial charge in [0, 0.05) is 11.3 Å². The molecule has 0 aliphatic heterocycles. The van der Waals surface area contributed by atoms with Gasteiger partial charge in [0.1, 0.15) is 0 Å². The highest BCUT2D eigenvalue weighted by molar-refractivity contribution is 6.69. The van der Waals surface area contributed by atoms with Gasteiger partial charge in [0.15, 0.2) is 0 Å². The number of nitrogens with two attached hydrogens (primary N) is 1. The van der Waals surface area contributed by atoms with Crippen LogP contribution in [0, 0.1) is 0 Å². The summed E-state index contributed by atoms with van der Waals surface area (Å²) < 4.78 is 0. The van der Waals surface area contributed by atoms with Gasteiger partial charge in [0.25, 0.3) is 10.5 Å². The van der Waals surface area contributed by atoms with Crippen molar-refractivity contribution in [3.8, 4) is 0 Å². The second-order valence-corrected chi connectivity index (χ2v) is 4.75. The van der Waals surface area contributed by atoms with Crippen LogP contribution in [0.4, 0.5) is 5.69 Å². The average molecular weight is 331 g/mol. The quantitative estimate of drug-likeness (QED) is 0.657. The molecule has 0 heterocycles. The van der Waals surface area contributed by atoms with Crippen LogP contribution in [-0.2, 0) is 0 Å². The summed E-state index contributed by atoms with van der Waals surface area (Å²) in [6.45, 7) is 0. The summed E-state index contributed by atoms with van der Waals surface area (Å²) in [5.74, 6) is 0.